The zero-order valence-electron chi connectivity index (χ0n) is 16.3. The lowest BCUT2D eigenvalue weighted by molar-refractivity contribution is 0.443. The highest BCUT2D eigenvalue weighted by Crippen LogP contribution is 2.13. The molecule has 9 heteroatoms. The van der Waals surface area contributed by atoms with Gasteiger partial charge in [0, 0.05) is 44.7 Å². The first-order chi connectivity index (χ1) is 12.4. The fraction of sp³-hybridized carbons (Fsp3) is 0.611. The number of hydrogen-bond donors (Lipinski definition) is 1. The Morgan fingerprint density at radius 2 is 1.89 bits per heavy atom. The van der Waals surface area contributed by atoms with Crippen molar-refractivity contribution < 1.29 is 8.42 Å². The maximum Gasteiger partial charge on any atom is 0.215 e. The van der Waals surface area contributed by atoms with Crippen molar-refractivity contribution in [1.29, 1.82) is 0 Å². The first-order valence-electron chi connectivity index (χ1n) is 9.03. The van der Waals surface area contributed by atoms with E-state index in [9.17, 15) is 8.42 Å². The van der Waals surface area contributed by atoms with Crippen LogP contribution in [0.2, 0.25) is 0 Å². The van der Waals surface area contributed by atoms with Crippen molar-refractivity contribution in [1.82, 2.24) is 14.5 Å². The smallest absolute Gasteiger partial charge is 0.215 e. The molecular formula is C18H31IN4O2S2. The molecule has 154 valence electrons. The molecule has 1 aliphatic rings. The van der Waals surface area contributed by atoms with E-state index in [-0.39, 0.29) is 36.3 Å². The predicted molar refractivity (Wildman–Crippen MR) is 127 cm³/mol. The number of rotatable bonds is 7. The summed E-state index contributed by atoms with van der Waals surface area (Å²) < 4.78 is 26.5. The molecule has 1 heterocycles. The number of aryl methyl sites for hydroxylation is 1. The molecule has 1 fully saturated rings. The van der Waals surface area contributed by atoms with Crippen molar-refractivity contribution in [2.75, 3.05) is 50.5 Å². The van der Waals surface area contributed by atoms with Crippen LogP contribution in [0.5, 0.6) is 0 Å². The fourth-order valence-electron chi connectivity index (χ4n) is 2.73. The molecule has 1 saturated heterocycles. The van der Waals surface area contributed by atoms with Crippen LogP contribution in [0.3, 0.4) is 0 Å². The summed E-state index contributed by atoms with van der Waals surface area (Å²) >= 11 is 1.81. The number of aliphatic imine (C=N–C) groups is 1. The van der Waals surface area contributed by atoms with Crippen molar-refractivity contribution in [2.24, 2.45) is 4.99 Å². The average molecular weight is 527 g/mol. The molecule has 0 aromatic heterocycles. The summed E-state index contributed by atoms with van der Waals surface area (Å²) in [7, 11) is -1.25. The van der Waals surface area contributed by atoms with Crippen LogP contribution in [0, 0.1) is 6.92 Å². The van der Waals surface area contributed by atoms with E-state index < -0.39 is 10.0 Å². The summed E-state index contributed by atoms with van der Waals surface area (Å²) in [4.78, 5) is 6.55. The molecule has 0 bridgehead atoms. The Bertz CT molecular complexity index is 690. The van der Waals surface area contributed by atoms with E-state index in [4.69, 9.17) is 0 Å². The van der Waals surface area contributed by atoms with Crippen molar-refractivity contribution in [3.63, 3.8) is 0 Å². The van der Waals surface area contributed by atoms with Gasteiger partial charge in [0.15, 0.2) is 5.96 Å². The van der Waals surface area contributed by atoms with Gasteiger partial charge in [0.2, 0.25) is 10.0 Å². The summed E-state index contributed by atoms with van der Waals surface area (Å²) in [5, 5.41) is 3.24. The molecule has 0 spiro atoms. The van der Waals surface area contributed by atoms with Crippen LogP contribution in [0.25, 0.3) is 0 Å². The van der Waals surface area contributed by atoms with Gasteiger partial charge >= 0.3 is 0 Å². The normalized spacial score (nSPS) is 15.9. The Morgan fingerprint density at radius 1 is 1.26 bits per heavy atom. The number of thioether (sulfide) groups is 1. The van der Waals surface area contributed by atoms with E-state index in [2.05, 4.69) is 41.5 Å². The number of hydrogen-bond acceptors (Lipinski definition) is 4. The number of nitrogens with one attached hydrogen (secondary N) is 1. The maximum atomic E-state index is 12.4. The summed E-state index contributed by atoms with van der Waals surface area (Å²) in [6.07, 6.45) is 0. The lowest BCUT2D eigenvalue weighted by atomic mass is 10.1. The first kappa shape index (κ1) is 24.5. The van der Waals surface area contributed by atoms with Gasteiger partial charge in [-0.3, -0.25) is 4.99 Å². The quantitative estimate of drug-likeness (QED) is 0.336. The van der Waals surface area contributed by atoms with Gasteiger partial charge in [-0.15, -0.1) is 24.0 Å². The van der Waals surface area contributed by atoms with Crippen LogP contribution in [-0.2, 0) is 16.6 Å². The van der Waals surface area contributed by atoms with Gasteiger partial charge in [-0.2, -0.15) is 11.8 Å². The second-order valence-electron chi connectivity index (χ2n) is 6.40. The monoisotopic (exact) mass is 526 g/mol. The van der Waals surface area contributed by atoms with Gasteiger partial charge in [0.25, 0.3) is 0 Å². The summed E-state index contributed by atoms with van der Waals surface area (Å²) in [5.74, 6) is 2.55. The molecule has 1 aliphatic heterocycles. The van der Waals surface area contributed by atoms with E-state index in [1.807, 2.05) is 18.9 Å². The van der Waals surface area contributed by atoms with Gasteiger partial charge < -0.3 is 10.2 Å². The molecule has 27 heavy (non-hydrogen) atoms. The highest BCUT2D eigenvalue weighted by atomic mass is 127. The standard InChI is InChI=1S/C18H30N4O2S2.HI/c1-4-19-18(21(3)15-17-7-5-16(2)6-8-17)20-9-14-26(23,24)22-10-12-25-13-11-22;/h5-8H,4,9-15H2,1-3H3,(H,19,20);1H. The molecule has 0 amide bonds. The van der Waals surface area contributed by atoms with E-state index in [1.54, 1.807) is 16.1 Å². The molecule has 0 saturated carbocycles. The number of guanidine groups is 1. The molecule has 1 aromatic carbocycles. The molecular weight excluding hydrogens is 495 g/mol. The van der Waals surface area contributed by atoms with Crippen LogP contribution in [0.4, 0.5) is 0 Å². The van der Waals surface area contributed by atoms with Crippen molar-refractivity contribution in [3.05, 3.63) is 35.4 Å². The van der Waals surface area contributed by atoms with Gasteiger partial charge in [-0.1, -0.05) is 29.8 Å². The maximum absolute atomic E-state index is 12.4. The minimum Gasteiger partial charge on any atom is -0.357 e. The number of sulfonamides is 1. The second kappa shape index (κ2) is 12.1. The minimum absolute atomic E-state index is 0. The van der Waals surface area contributed by atoms with Gasteiger partial charge in [0.1, 0.15) is 0 Å². The minimum atomic E-state index is -3.22. The molecule has 1 N–H and O–H groups in total. The van der Waals surface area contributed by atoms with Crippen LogP contribution in [0.1, 0.15) is 18.1 Å². The van der Waals surface area contributed by atoms with E-state index in [1.165, 1.54) is 11.1 Å². The zero-order valence-corrected chi connectivity index (χ0v) is 20.3. The van der Waals surface area contributed by atoms with Crippen molar-refractivity contribution >= 4 is 51.7 Å². The Hall–Kier alpha value is -0.520. The van der Waals surface area contributed by atoms with Crippen molar-refractivity contribution in [2.45, 2.75) is 20.4 Å². The third-order valence-corrected chi connectivity index (χ3v) is 7.00. The predicted octanol–water partition coefficient (Wildman–Crippen LogP) is 2.39. The Balaban J connectivity index is 0.00000364. The highest BCUT2D eigenvalue weighted by Gasteiger charge is 2.23. The summed E-state index contributed by atoms with van der Waals surface area (Å²) in [6.45, 7) is 7.05. The van der Waals surface area contributed by atoms with E-state index >= 15 is 0 Å². The van der Waals surface area contributed by atoms with Crippen LogP contribution < -0.4 is 5.32 Å². The Morgan fingerprint density at radius 3 is 2.48 bits per heavy atom. The van der Waals surface area contributed by atoms with Crippen LogP contribution >= 0.6 is 35.7 Å². The topological polar surface area (TPSA) is 65.0 Å². The third kappa shape index (κ3) is 8.16. The molecule has 0 atom stereocenters. The van der Waals surface area contributed by atoms with E-state index in [0.717, 1.165) is 30.6 Å². The van der Waals surface area contributed by atoms with Crippen LogP contribution in [-0.4, -0.2) is 74.1 Å². The Kier molecular flexibility index (Phi) is 11.0. The zero-order chi connectivity index (χ0) is 19.0. The first-order valence-corrected chi connectivity index (χ1v) is 11.8. The van der Waals surface area contributed by atoms with Crippen molar-refractivity contribution in [3.8, 4) is 0 Å². The molecule has 2 rings (SSSR count). The Labute approximate surface area is 185 Å². The molecule has 1 aromatic rings. The summed E-state index contributed by atoms with van der Waals surface area (Å²) in [6, 6.07) is 8.40. The van der Waals surface area contributed by atoms with Gasteiger partial charge in [-0.25, -0.2) is 12.7 Å². The highest BCUT2D eigenvalue weighted by molar-refractivity contribution is 14.0. The lowest BCUT2D eigenvalue weighted by Crippen LogP contribution is -2.41. The third-order valence-electron chi connectivity index (χ3n) is 4.21. The largest absolute Gasteiger partial charge is 0.357 e. The number of nitrogens with zero attached hydrogens (tertiary/aromatic N) is 3. The second-order valence-corrected chi connectivity index (χ2v) is 9.72. The lowest BCUT2D eigenvalue weighted by Gasteiger charge is -2.25. The van der Waals surface area contributed by atoms with Gasteiger partial charge in [-0.05, 0) is 19.4 Å². The molecule has 6 nitrogen and oxygen atoms in total. The SMILES string of the molecule is CCNC(=NCCS(=O)(=O)N1CCSCC1)N(C)Cc1ccc(C)cc1.I. The molecule has 0 aliphatic carbocycles. The van der Waals surface area contributed by atoms with E-state index in [0.29, 0.717) is 13.1 Å². The number of halogens is 1. The fourth-order valence-corrected chi connectivity index (χ4v) is 5.19. The molecule has 0 radical (unpaired) electrons. The van der Waals surface area contributed by atoms with Crippen LogP contribution in [0.15, 0.2) is 29.3 Å². The average Bonchev–Trinajstić information content (AvgIpc) is 2.63. The molecule has 0 unspecified atom stereocenters. The van der Waals surface area contributed by atoms with Gasteiger partial charge in [0.05, 0.1) is 12.3 Å². The number of benzene rings is 1. The summed E-state index contributed by atoms with van der Waals surface area (Å²) in [5.41, 5.74) is 2.43.